The molecule has 0 aromatic heterocycles. The van der Waals surface area contributed by atoms with Crippen LogP contribution >= 0.6 is 0 Å². The minimum absolute atomic E-state index is 0.0468. The molecule has 136 valence electrons. The number of hydrogen-bond donors (Lipinski definition) is 1. The number of aliphatic hydroxyl groups excluding tert-OH is 1. The maximum absolute atomic E-state index is 13.0. The molecular weight excluding hydrogens is 337 g/mol. The third-order valence-corrected chi connectivity index (χ3v) is 5.11. The summed E-state index contributed by atoms with van der Waals surface area (Å²) < 4.78 is 23.8. The molecule has 0 spiro atoms. The molecule has 2 aliphatic rings. The number of hydrogen-bond acceptors (Lipinski definition) is 4. The second-order valence-electron chi connectivity index (χ2n) is 6.67. The molecule has 26 heavy (non-hydrogen) atoms. The van der Waals surface area contributed by atoms with Crippen LogP contribution in [0, 0.1) is 11.7 Å². The molecular formula is C20H20FNO4. The van der Waals surface area contributed by atoms with Crippen molar-refractivity contribution < 1.29 is 23.8 Å². The number of rotatable bonds is 3. The van der Waals surface area contributed by atoms with Crippen LogP contribution in [-0.4, -0.2) is 35.8 Å². The third-order valence-electron chi connectivity index (χ3n) is 5.11. The lowest BCUT2D eigenvalue weighted by Crippen LogP contribution is -2.39. The topological polar surface area (TPSA) is 59.0 Å². The van der Waals surface area contributed by atoms with E-state index in [9.17, 15) is 14.3 Å². The number of carbonyl (C=O) groups excluding carboxylic acids is 1. The molecule has 2 aliphatic heterocycles. The van der Waals surface area contributed by atoms with Gasteiger partial charge in [-0.1, -0.05) is 18.2 Å². The minimum atomic E-state index is -0.648. The van der Waals surface area contributed by atoms with Crippen LogP contribution in [0.25, 0.3) is 0 Å². The van der Waals surface area contributed by atoms with Crippen LogP contribution in [0.4, 0.5) is 4.39 Å². The molecule has 1 saturated heterocycles. The average Bonchev–Trinajstić information content (AvgIpc) is 3.16. The Labute approximate surface area is 151 Å². The number of aliphatic hydroxyl groups is 1. The molecule has 1 unspecified atom stereocenters. The quantitative estimate of drug-likeness (QED) is 0.917. The summed E-state index contributed by atoms with van der Waals surface area (Å²) in [6.07, 6.45) is 0.735. The van der Waals surface area contributed by atoms with Crippen LogP contribution < -0.4 is 9.47 Å². The van der Waals surface area contributed by atoms with Gasteiger partial charge in [-0.2, -0.15) is 0 Å². The van der Waals surface area contributed by atoms with Gasteiger partial charge in [-0.15, -0.1) is 0 Å². The predicted octanol–water partition coefficient (Wildman–Crippen LogP) is 3.14. The first-order valence-corrected chi connectivity index (χ1v) is 8.75. The van der Waals surface area contributed by atoms with Crippen LogP contribution in [0.15, 0.2) is 42.5 Å². The standard InChI is InChI=1S/C20H20FNO4/c21-15-6-4-13(5-7-15)18(23)14-8-10-22(11-9-14)20(24)16-2-1-3-17-19(16)26-12-25-17/h1-7,14,18,23H,8-12H2. The van der Waals surface area contributed by atoms with E-state index in [2.05, 4.69) is 0 Å². The van der Waals surface area contributed by atoms with Crippen molar-refractivity contribution in [2.75, 3.05) is 19.9 Å². The highest BCUT2D eigenvalue weighted by atomic mass is 19.1. The maximum atomic E-state index is 13.0. The molecule has 1 N–H and O–H groups in total. The van der Waals surface area contributed by atoms with Crippen LogP contribution in [0.2, 0.25) is 0 Å². The first-order valence-electron chi connectivity index (χ1n) is 8.75. The SMILES string of the molecule is O=C(c1cccc2c1OCO2)N1CCC(C(O)c2ccc(F)cc2)CC1. The van der Waals surface area contributed by atoms with E-state index < -0.39 is 6.10 Å². The first-order chi connectivity index (χ1) is 12.6. The highest BCUT2D eigenvalue weighted by Gasteiger charge is 2.31. The van der Waals surface area contributed by atoms with E-state index in [4.69, 9.17) is 9.47 Å². The normalized spacial score (nSPS) is 18.0. The van der Waals surface area contributed by atoms with Crippen molar-refractivity contribution in [3.8, 4) is 11.5 Å². The highest BCUT2D eigenvalue weighted by Crippen LogP contribution is 2.37. The lowest BCUT2D eigenvalue weighted by atomic mass is 9.87. The van der Waals surface area contributed by atoms with Gasteiger partial charge in [-0.3, -0.25) is 4.79 Å². The van der Waals surface area contributed by atoms with Gasteiger partial charge in [0.2, 0.25) is 6.79 Å². The second-order valence-corrected chi connectivity index (χ2v) is 6.67. The van der Waals surface area contributed by atoms with Gasteiger partial charge in [-0.25, -0.2) is 4.39 Å². The molecule has 0 radical (unpaired) electrons. The average molecular weight is 357 g/mol. The number of carbonyl (C=O) groups is 1. The van der Waals surface area contributed by atoms with Crippen molar-refractivity contribution in [2.24, 2.45) is 5.92 Å². The fourth-order valence-corrected chi connectivity index (χ4v) is 3.62. The van der Waals surface area contributed by atoms with Gasteiger partial charge in [0.25, 0.3) is 5.91 Å². The Morgan fingerprint density at radius 1 is 1.12 bits per heavy atom. The number of likely N-dealkylation sites (tertiary alicyclic amines) is 1. The molecule has 0 bridgehead atoms. The fourth-order valence-electron chi connectivity index (χ4n) is 3.62. The lowest BCUT2D eigenvalue weighted by Gasteiger charge is -2.34. The van der Waals surface area contributed by atoms with E-state index in [0.717, 1.165) is 0 Å². The molecule has 2 aromatic rings. The summed E-state index contributed by atoms with van der Waals surface area (Å²) in [5.41, 5.74) is 1.22. The van der Waals surface area contributed by atoms with Crippen molar-refractivity contribution in [3.05, 3.63) is 59.4 Å². The zero-order valence-electron chi connectivity index (χ0n) is 14.2. The number of piperidine rings is 1. The Kier molecular flexibility index (Phi) is 4.51. The van der Waals surface area contributed by atoms with Gasteiger partial charge in [0.15, 0.2) is 11.5 Å². The van der Waals surface area contributed by atoms with Gasteiger partial charge in [0, 0.05) is 13.1 Å². The number of ether oxygens (including phenoxy) is 2. The van der Waals surface area contributed by atoms with Crippen molar-refractivity contribution in [1.82, 2.24) is 4.90 Å². The fraction of sp³-hybridized carbons (Fsp3) is 0.350. The summed E-state index contributed by atoms with van der Waals surface area (Å²) in [6, 6.07) is 11.3. The zero-order chi connectivity index (χ0) is 18.1. The van der Waals surface area contributed by atoms with E-state index in [1.165, 1.54) is 12.1 Å². The van der Waals surface area contributed by atoms with Crippen molar-refractivity contribution >= 4 is 5.91 Å². The number of benzene rings is 2. The molecule has 2 heterocycles. The van der Waals surface area contributed by atoms with Crippen LogP contribution in [0.1, 0.15) is 34.9 Å². The smallest absolute Gasteiger partial charge is 0.257 e. The summed E-state index contributed by atoms with van der Waals surface area (Å²) in [5, 5.41) is 10.5. The van der Waals surface area contributed by atoms with Gasteiger partial charge >= 0.3 is 0 Å². The molecule has 0 aliphatic carbocycles. The van der Waals surface area contributed by atoms with E-state index in [1.807, 2.05) is 0 Å². The maximum Gasteiger partial charge on any atom is 0.257 e. The summed E-state index contributed by atoms with van der Waals surface area (Å²) >= 11 is 0. The minimum Gasteiger partial charge on any atom is -0.454 e. The summed E-state index contributed by atoms with van der Waals surface area (Å²) in [7, 11) is 0. The van der Waals surface area contributed by atoms with Gasteiger partial charge < -0.3 is 19.5 Å². The highest BCUT2D eigenvalue weighted by molar-refractivity contribution is 5.98. The molecule has 5 nitrogen and oxygen atoms in total. The van der Waals surface area contributed by atoms with E-state index in [1.54, 1.807) is 35.2 Å². The Hall–Kier alpha value is -2.60. The molecule has 4 rings (SSSR count). The second kappa shape index (κ2) is 6.96. The lowest BCUT2D eigenvalue weighted by molar-refractivity contribution is 0.0459. The largest absolute Gasteiger partial charge is 0.454 e. The Bertz CT molecular complexity index is 800. The third kappa shape index (κ3) is 3.12. The Morgan fingerprint density at radius 3 is 2.58 bits per heavy atom. The summed E-state index contributed by atoms with van der Waals surface area (Å²) in [5.74, 6) is 0.749. The number of amides is 1. The molecule has 1 atom stereocenters. The molecule has 0 saturated carbocycles. The number of fused-ring (bicyclic) bond motifs is 1. The number of nitrogens with zero attached hydrogens (tertiary/aromatic N) is 1. The van der Waals surface area contributed by atoms with E-state index in [-0.39, 0.29) is 24.4 Å². The Morgan fingerprint density at radius 2 is 1.85 bits per heavy atom. The predicted molar refractivity (Wildman–Crippen MR) is 92.6 cm³/mol. The summed E-state index contributed by atoms with van der Waals surface area (Å²) in [6.45, 7) is 1.25. The van der Waals surface area contributed by atoms with Crippen LogP contribution in [0.3, 0.4) is 0 Å². The van der Waals surface area contributed by atoms with E-state index in [0.29, 0.717) is 48.6 Å². The molecule has 1 fully saturated rings. The van der Waals surface area contributed by atoms with Crippen molar-refractivity contribution in [1.29, 1.82) is 0 Å². The molecule has 1 amide bonds. The van der Waals surface area contributed by atoms with Crippen molar-refractivity contribution in [3.63, 3.8) is 0 Å². The Balaban J connectivity index is 1.41. The summed E-state index contributed by atoms with van der Waals surface area (Å²) in [4.78, 5) is 14.6. The molecule has 2 aromatic carbocycles. The van der Waals surface area contributed by atoms with Gasteiger partial charge in [-0.05, 0) is 48.6 Å². The van der Waals surface area contributed by atoms with Crippen molar-refractivity contribution in [2.45, 2.75) is 18.9 Å². The van der Waals surface area contributed by atoms with Gasteiger partial charge in [0.1, 0.15) is 5.82 Å². The monoisotopic (exact) mass is 357 g/mol. The number of halogens is 1. The zero-order valence-corrected chi connectivity index (χ0v) is 14.2. The van der Waals surface area contributed by atoms with E-state index >= 15 is 0 Å². The van der Waals surface area contributed by atoms with Gasteiger partial charge in [0.05, 0.1) is 11.7 Å². The van der Waals surface area contributed by atoms with Crippen LogP contribution in [0.5, 0.6) is 11.5 Å². The molecule has 6 heteroatoms. The first kappa shape index (κ1) is 16.8. The number of para-hydroxylation sites is 1. The van der Waals surface area contributed by atoms with Crippen LogP contribution in [-0.2, 0) is 0 Å².